The number of pyridine rings is 1. The van der Waals surface area contributed by atoms with Crippen LogP contribution in [0.1, 0.15) is 5.69 Å². The fraction of sp³-hybridized carbons (Fsp3) is 0.0667. The summed E-state index contributed by atoms with van der Waals surface area (Å²) >= 11 is 6.65. The van der Waals surface area contributed by atoms with E-state index in [4.69, 9.17) is 0 Å². The molecule has 0 unspecified atom stereocenters. The van der Waals surface area contributed by atoms with Crippen LogP contribution in [-0.4, -0.2) is 14.3 Å². The second kappa shape index (κ2) is 5.99. The zero-order chi connectivity index (χ0) is 14.8. The second-order valence-corrected chi connectivity index (χ2v) is 6.30. The van der Waals surface area contributed by atoms with E-state index in [2.05, 4.69) is 37.0 Å². The van der Waals surface area contributed by atoms with Crippen LogP contribution >= 0.6 is 31.9 Å². The highest BCUT2D eigenvalue weighted by Crippen LogP contribution is 2.14. The number of rotatable bonds is 3. The first-order chi connectivity index (χ1) is 10.1. The highest BCUT2D eigenvalue weighted by Gasteiger charge is 2.06. The zero-order valence-corrected chi connectivity index (χ0v) is 14.1. The van der Waals surface area contributed by atoms with E-state index in [1.54, 1.807) is 21.5 Å². The third-order valence-corrected chi connectivity index (χ3v) is 4.01. The first-order valence-corrected chi connectivity index (χ1v) is 7.87. The van der Waals surface area contributed by atoms with Gasteiger partial charge in [-0.05, 0) is 56.1 Å². The molecule has 3 rings (SSSR count). The van der Waals surface area contributed by atoms with Crippen molar-refractivity contribution in [3.05, 3.63) is 79.9 Å². The fourth-order valence-electron chi connectivity index (χ4n) is 2.03. The number of halogens is 2. The maximum Gasteiger partial charge on any atom is 0.265 e. The lowest BCUT2D eigenvalue weighted by molar-refractivity contribution is 0.714. The van der Waals surface area contributed by atoms with Gasteiger partial charge >= 0.3 is 0 Å². The number of hydrogen-bond acceptors (Lipinski definition) is 2. The van der Waals surface area contributed by atoms with E-state index in [-0.39, 0.29) is 5.56 Å². The van der Waals surface area contributed by atoms with E-state index in [0.29, 0.717) is 11.0 Å². The van der Waals surface area contributed by atoms with E-state index < -0.39 is 0 Å². The molecule has 2 heterocycles. The number of para-hydroxylation sites is 1. The van der Waals surface area contributed by atoms with Gasteiger partial charge in [-0.25, -0.2) is 4.68 Å². The van der Waals surface area contributed by atoms with Crippen LogP contribution in [0.5, 0.6) is 0 Å². The molecule has 4 nitrogen and oxygen atoms in total. The third kappa shape index (κ3) is 3.16. The third-order valence-electron chi connectivity index (χ3n) is 3.01. The van der Waals surface area contributed by atoms with Gasteiger partial charge in [0.05, 0.1) is 22.4 Å². The van der Waals surface area contributed by atoms with Crippen molar-refractivity contribution in [2.24, 2.45) is 0 Å². The van der Waals surface area contributed by atoms with Crippen molar-refractivity contribution in [2.75, 3.05) is 0 Å². The fourth-order valence-corrected chi connectivity index (χ4v) is 3.28. The molecule has 0 aliphatic carbocycles. The maximum atomic E-state index is 12.1. The molecule has 106 valence electrons. The minimum Gasteiger partial charge on any atom is -0.307 e. The SMILES string of the molecule is O=c1c(Br)cc(Br)cn1Cc1ccn(-c2ccccc2)n1. The van der Waals surface area contributed by atoms with Crippen LogP contribution < -0.4 is 5.56 Å². The molecule has 0 N–H and O–H groups in total. The summed E-state index contributed by atoms with van der Waals surface area (Å²) < 4.78 is 4.79. The Bertz CT molecular complexity index is 824. The van der Waals surface area contributed by atoms with Gasteiger partial charge in [-0.15, -0.1) is 0 Å². The Morgan fingerprint density at radius 3 is 2.62 bits per heavy atom. The van der Waals surface area contributed by atoms with Crippen molar-refractivity contribution in [3.8, 4) is 5.69 Å². The molecule has 0 fully saturated rings. The predicted molar refractivity (Wildman–Crippen MR) is 88.8 cm³/mol. The normalized spacial score (nSPS) is 10.8. The summed E-state index contributed by atoms with van der Waals surface area (Å²) in [6.45, 7) is 0.427. The van der Waals surface area contributed by atoms with Gasteiger partial charge in [0.1, 0.15) is 0 Å². The molecule has 0 aliphatic heterocycles. The van der Waals surface area contributed by atoms with E-state index in [1.807, 2.05) is 42.6 Å². The van der Waals surface area contributed by atoms with Gasteiger partial charge in [-0.1, -0.05) is 18.2 Å². The van der Waals surface area contributed by atoms with Crippen molar-refractivity contribution in [2.45, 2.75) is 6.54 Å². The number of benzene rings is 1. The summed E-state index contributed by atoms with van der Waals surface area (Å²) in [7, 11) is 0. The summed E-state index contributed by atoms with van der Waals surface area (Å²) in [6, 6.07) is 13.5. The van der Waals surface area contributed by atoms with Crippen LogP contribution in [0.15, 0.2) is 68.6 Å². The minimum absolute atomic E-state index is 0.0764. The van der Waals surface area contributed by atoms with Gasteiger partial charge < -0.3 is 4.57 Å². The van der Waals surface area contributed by atoms with Crippen molar-refractivity contribution < 1.29 is 0 Å². The Labute approximate surface area is 138 Å². The molecule has 0 saturated heterocycles. The average Bonchev–Trinajstić information content (AvgIpc) is 2.94. The highest BCUT2D eigenvalue weighted by atomic mass is 79.9. The van der Waals surface area contributed by atoms with Crippen molar-refractivity contribution in [3.63, 3.8) is 0 Å². The quantitative estimate of drug-likeness (QED) is 0.664. The van der Waals surface area contributed by atoms with Gasteiger partial charge in [-0.3, -0.25) is 4.79 Å². The summed E-state index contributed by atoms with van der Waals surface area (Å²) in [6.07, 6.45) is 3.65. The van der Waals surface area contributed by atoms with E-state index >= 15 is 0 Å². The minimum atomic E-state index is -0.0764. The van der Waals surface area contributed by atoms with Crippen LogP contribution in [-0.2, 0) is 6.54 Å². The van der Waals surface area contributed by atoms with Gasteiger partial charge in [-0.2, -0.15) is 5.10 Å². The molecule has 0 radical (unpaired) electrons. The molecule has 0 amide bonds. The van der Waals surface area contributed by atoms with Crippen LogP contribution in [0, 0.1) is 0 Å². The van der Waals surface area contributed by atoms with E-state index in [0.717, 1.165) is 15.9 Å². The lowest BCUT2D eigenvalue weighted by atomic mass is 10.3. The Kier molecular flexibility index (Phi) is 4.07. The standard InChI is InChI=1S/C15H11Br2N3O/c16-11-8-14(17)15(21)19(9-11)10-12-6-7-20(18-12)13-4-2-1-3-5-13/h1-9H,10H2. The molecule has 0 spiro atoms. The molecule has 0 bridgehead atoms. The summed E-state index contributed by atoms with van der Waals surface area (Å²) in [5, 5.41) is 4.50. The smallest absolute Gasteiger partial charge is 0.265 e. The lowest BCUT2D eigenvalue weighted by Crippen LogP contribution is -2.21. The molecular weight excluding hydrogens is 398 g/mol. The molecule has 0 aliphatic rings. The molecule has 0 saturated carbocycles. The zero-order valence-electron chi connectivity index (χ0n) is 10.9. The Hall–Kier alpha value is -1.66. The summed E-state index contributed by atoms with van der Waals surface area (Å²) in [5.74, 6) is 0. The van der Waals surface area contributed by atoms with E-state index in [1.165, 1.54) is 0 Å². The van der Waals surface area contributed by atoms with Crippen molar-refractivity contribution in [1.29, 1.82) is 0 Å². The van der Waals surface area contributed by atoms with Crippen LogP contribution in [0.25, 0.3) is 5.69 Å². The second-order valence-electron chi connectivity index (χ2n) is 4.53. The topological polar surface area (TPSA) is 39.8 Å². The number of hydrogen-bond donors (Lipinski definition) is 0. The Morgan fingerprint density at radius 2 is 1.86 bits per heavy atom. The molecule has 1 aromatic carbocycles. The predicted octanol–water partition coefficient (Wildman–Crippen LogP) is 3.61. The molecule has 21 heavy (non-hydrogen) atoms. The highest BCUT2D eigenvalue weighted by molar-refractivity contribution is 9.11. The first-order valence-electron chi connectivity index (χ1n) is 6.29. The van der Waals surface area contributed by atoms with Crippen LogP contribution in [0.3, 0.4) is 0 Å². The molecular formula is C15H11Br2N3O. The van der Waals surface area contributed by atoms with Crippen molar-refractivity contribution in [1.82, 2.24) is 14.3 Å². The molecule has 3 aromatic rings. The van der Waals surface area contributed by atoms with Crippen LogP contribution in [0.4, 0.5) is 0 Å². The van der Waals surface area contributed by atoms with Gasteiger partial charge in [0.2, 0.25) is 0 Å². The monoisotopic (exact) mass is 407 g/mol. The average molecular weight is 409 g/mol. The number of aromatic nitrogens is 3. The van der Waals surface area contributed by atoms with Crippen LogP contribution in [0.2, 0.25) is 0 Å². The first kappa shape index (κ1) is 14.3. The summed E-state index contributed by atoms with van der Waals surface area (Å²) in [4.78, 5) is 12.1. The largest absolute Gasteiger partial charge is 0.307 e. The lowest BCUT2D eigenvalue weighted by Gasteiger charge is -2.05. The van der Waals surface area contributed by atoms with Gasteiger partial charge in [0, 0.05) is 16.9 Å². The number of nitrogens with zero attached hydrogens (tertiary/aromatic N) is 3. The maximum absolute atomic E-state index is 12.1. The summed E-state index contributed by atoms with van der Waals surface area (Å²) in [5.41, 5.74) is 1.74. The van der Waals surface area contributed by atoms with Gasteiger partial charge in [0.25, 0.3) is 5.56 Å². The van der Waals surface area contributed by atoms with Gasteiger partial charge in [0.15, 0.2) is 0 Å². The molecule has 0 atom stereocenters. The Balaban J connectivity index is 1.90. The molecule has 6 heteroatoms. The van der Waals surface area contributed by atoms with E-state index in [9.17, 15) is 4.79 Å². The molecule has 2 aromatic heterocycles. The Morgan fingerprint density at radius 1 is 1.10 bits per heavy atom. The van der Waals surface area contributed by atoms with Crippen molar-refractivity contribution >= 4 is 31.9 Å².